The van der Waals surface area contributed by atoms with E-state index in [1.807, 2.05) is 18.2 Å². The van der Waals surface area contributed by atoms with Gasteiger partial charge in [-0.1, -0.05) is 17.7 Å². The van der Waals surface area contributed by atoms with Crippen LogP contribution < -0.4 is 15.4 Å². The zero-order valence-electron chi connectivity index (χ0n) is 23.3. The maximum absolute atomic E-state index is 13.7. The number of likely N-dealkylation sites (tertiary alicyclic amines) is 2. The quantitative estimate of drug-likeness (QED) is 0.307. The molecule has 8 nitrogen and oxygen atoms in total. The molecule has 1 amide bonds. The predicted molar refractivity (Wildman–Crippen MR) is 160 cm³/mol. The van der Waals surface area contributed by atoms with Gasteiger partial charge in [-0.2, -0.15) is 0 Å². The van der Waals surface area contributed by atoms with E-state index in [0.717, 1.165) is 19.6 Å². The van der Waals surface area contributed by atoms with E-state index in [2.05, 4.69) is 37.4 Å². The largest absolute Gasteiger partial charge is 0.491 e. The summed E-state index contributed by atoms with van der Waals surface area (Å²) in [6.07, 6.45) is 11.0. The summed E-state index contributed by atoms with van der Waals surface area (Å²) in [6, 6.07) is 8.08. The van der Waals surface area contributed by atoms with Gasteiger partial charge in [0.25, 0.3) is 0 Å². The molecule has 6 rings (SSSR count). The molecule has 2 N–H and O–H groups in total. The van der Waals surface area contributed by atoms with E-state index in [-0.39, 0.29) is 10.9 Å². The van der Waals surface area contributed by atoms with Gasteiger partial charge in [0.1, 0.15) is 23.7 Å². The van der Waals surface area contributed by atoms with E-state index >= 15 is 0 Å². The molecule has 216 valence electrons. The van der Waals surface area contributed by atoms with E-state index in [1.165, 1.54) is 63.7 Å². The molecule has 0 atom stereocenters. The SMILES string of the molecule is CN1CCC2(CC1)CC(COc1cc3ncnc(Nc4ccc(F)c(Cl)c4)c3cc1NC(=O)C=CCN1CCC1)C2. The van der Waals surface area contributed by atoms with Crippen molar-refractivity contribution in [2.75, 3.05) is 57.0 Å². The zero-order chi connectivity index (χ0) is 28.4. The fourth-order valence-corrected chi connectivity index (χ4v) is 6.33. The number of nitrogens with one attached hydrogen (secondary N) is 2. The van der Waals surface area contributed by atoms with Crippen molar-refractivity contribution < 1.29 is 13.9 Å². The lowest BCUT2D eigenvalue weighted by Crippen LogP contribution is -2.47. The molecule has 2 saturated heterocycles. The van der Waals surface area contributed by atoms with E-state index < -0.39 is 5.82 Å². The van der Waals surface area contributed by atoms with Crippen LogP contribution in [-0.2, 0) is 4.79 Å². The molecule has 41 heavy (non-hydrogen) atoms. The number of hydrogen-bond donors (Lipinski definition) is 2. The minimum atomic E-state index is -0.494. The summed E-state index contributed by atoms with van der Waals surface area (Å²) in [7, 11) is 2.20. The number of fused-ring (bicyclic) bond motifs is 1. The van der Waals surface area contributed by atoms with Crippen LogP contribution in [0, 0.1) is 17.2 Å². The fourth-order valence-electron chi connectivity index (χ4n) is 6.15. The predicted octanol–water partition coefficient (Wildman–Crippen LogP) is 5.87. The molecule has 3 aliphatic rings. The monoisotopic (exact) mass is 578 g/mol. The van der Waals surface area contributed by atoms with Crippen LogP contribution >= 0.6 is 11.6 Å². The molecule has 3 heterocycles. The van der Waals surface area contributed by atoms with Gasteiger partial charge in [-0.05, 0) is 101 Å². The topological polar surface area (TPSA) is 82.6 Å². The van der Waals surface area contributed by atoms with Crippen molar-refractivity contribution >= 4 is 45.6 Å². The van der Waals surface area contributed by atoms with Gasteiger partial charge in [0.05, 0.1) is 22.8 Å². The molecular formula is C31H36ClFN6O2. The number of piperidine rings is 1. The number of amides is 1. The summed E-state index contributed by atoms with van der Waals surface area (Å²) >= 11 is 5.98. The van der Waals surface area contributed by atoms with Gasteiger partial charge in [-0.3, -0.25) is 9.69 Å². The number of hydrogen-bond acceptors (Lipinski definition) is 7. The highest BCUT2D eigenvalue weighted by Crippen LogP contribution is 2.52. The Morgan fingerprint density at radius 2 is 1.98 bits per heavy atom. The molecule has 2 aliphatic heterocycles. The average Bonchev–Trinajstić information content (AvgIpc) is 2.91. The molecule has 1 aliphatic carbocycles. The first-order valence-electron chi connectivity index (χ1n) is 14.4. The molecule has 2 aromatic carbocycles. The number of aromatic nitrogens is 2. The number of carbonyl (C=O) groups excluding carboxylic acids is 1. The van der Waals surface area contributed by atoms with E-state index in [0.29, 0.717) is 51.8 Å². The Labute approximate surface area is 244 Å². The standard InChI is InChI=1S/C31H36ClFN6O2/c1-38-12-7-31(8-13-38)17-21(18-31)19-41-28-16-26-23(15-27(28)37-29(40)4-2-9-39-10-3-11-39)30(35-20-34-26)36-22-5-6-25(33)24(32)14-22/h2,4-6,14-16,20-21H,3,7-13,17-19H2,1H3,(H,37,40)(H,34,35,36). The number of nitrogens with zero attached hydrogens (tertiary/aromatic N) is 4. The molecule has 10 heteroatoms. The lowest BCUT2D eigenvalue weighted by Gasteiger charge is -2.51. The summed E-state index contributed by atoms with van der Waals surface area (Å²) in [4.78, 5) is 26.5. The number of rotatable bonds is 9. The highest BCUT2D eigenvalue weighted by Gasteiger charge is 2.45. The third-order valence-electron chi connectivity index (χ3n) is 8.72. The third-order valence-corrected chi connectivity index (χ3v) is 9.01. The summed E-state index contributed by atoms with van der Waals surface area (Å²) in [5.41, 5.74) is 2.28. The molecule has 3 aromatic rings. The van der Waals surface area contributed by atoms with Gasteiger partial charge in [-0.25, -0.2) is 14.4 Å². The lowest BCUT2D eigenvalue weighted by molar-refractivity contribution is -0.111. The van der Waals surface area contributed by atoms with Crippen LogP contribution in [0.2, 0.25) is 5.02 Å². The van der Waals surface area contributed by atoms with Crippen LogP contribution in [0.1, 0.15) is 32.1 Å². The number of benzene rings is 2. The van der Waals surface area contributed by atoms with Crippen LogP contribution in [0.3, 0.4) is 0 Å². The minimum absolute atomic E-state index is 0.0139. The fraction of sp³-hybridized carbons (Fsp3) is 0.452. The first-order chi connectivity index (χ1) is 19.9. The van der Waals surface area contributed by atoms with Crippen LogP contribution in [-0.4, -0.2) is 72.1 Å². The van der Waals surface area contributed by atoms with Gasteiger partial charge >= 0.3 is 0 Å². The minimum Gasteiger partial charge on any atom is -0.491 e. The smallest absolute Gasteiger partial charge is 0.248 e. The van der Waals surface area contributed by atoms with E-state index in [4.69, 9.17) is 16.3 Å². The highest BCUT2D eigenvalue weighted by molar-refractivity contribution is 6.31. The second kappa shape index (κ2) is 11.9. The first kappa shape index (κ1) is 27.9. The molecule has 1 saturated carbocycles. The van der Waals surface area contributed by atoms with E-state index in [9.17, 15) is 9.18 Å². The molecule has 0 unspecified atom stereocenters. The van der Waals surface area contributed by atoms with Crippen LogP contribution in [0.15, 0.2) is 48.8 Å². The average molecular weight is 579 g/mol. The van der Waals surface area contributed by atoms with Crippen LogP contribution in [0.5, 0.6) is 5.75 Å². The van der Waals surface area contributed by atoms with Crippen LogP contribution in [0.25, 0.3) is 10.9 Å². The summed E-state index contributed by atoms with van der Waals surface area (Å²) in [5, 5.41) is 6.92. The molecule has 1 aromatic heterocycles. The molecule has 3 fully saturated rings. The Morgan fingerprint density at radius 1 is 1.17 bits per heavy atom. The molecular weight excluding hydrogens is 543 g/mol. The number of carbonyl (C=O) groups is 1. The normalized spacial score (nSPS) is 19.3. The van der Waals surface area contributed by atoms with E-state index in [1.54, 1.807) is 12.1 Å². The second-order valence-electron chi connectivity index (χ2n) is 11.8. The Kier molecular flexibility index (Phi) is 8.10. The van der Waals surface area contributed by atoms with Crippen molar-refractivity contribution in [3.05, 3.63) is 59.7 Å². The Morgan fingerprint density at radius 3 is 2.71 bits per heavy atom. The Bertz CT molecular complexity index is 1450. The highest BCUT2D eigenvalue weighted by atomic mass is 35.5. The van der Waals surface area contributed by atoms with Crippen molar-refractivity contribution in [1.82, 2.24) is 19.8 Å². The van der Waals surface area contributed by atoms with Crippen molar-refractivity contribution in [1.29, 1.82) is 0 Å². The summed E-state index contributed by atoms with van der Waals surface area (Å²) in [5.74, 6) is 0.879. The number of anilines is 3. The lowest BCUT2D eigenvalue weighted by atomic mass is 9.58. The summed E-state index contributed by atoms with van der Waals surface area (Å²) < 4.78 is 20.1. The van der Waals surface area contributed by atoms with Gasteiger partial charge in [0.15, 0.2) is 0 Å². The molecule has 1 spiro atoms. The van der Waals surface area contributed by atoms with Gasteiger partial charge in [0, 0.05) is 29.8 Å². The van der Waals surface area contributed by atoms with Crippen LogP contribution in [0.4, 0.5) is 21.6 Å². The van der Waals surface area contributed by atoms with Crippen molar-refractivity contribution in [3.63, 3.8) is 0 Å². The van der Waals surface area contributed by atoms with Crippen molar-refractivity contribution in [3.8, 4) is 5.75 Å². The van der Waals surface area contributed by atoms with Gasteiger partial charge < -0.3 is 20.3 Å². The van der Waals surface area contributed by atoms with Gasteiger partial charge in [-0.15, -0.1) is 0 Å². The maximum atomic E-state index is 13.7. The molecule has 0 bridgehead atoms. The van der Waals surface area contributed by atoms with Gasteiger partial charge in [0.2, 0.25) is 5.91 Å². The Hall–Kier alpha value is -3.27. The number of halogens is 2. The summed E-state index contributed by atoms with van der Waals surface area (Å²) in [6.45, 7) is 5.84. The molecule has 0 radical (unpaired) electrons. The Balaban J connectivity index is 1.21. The first-order valence-corrected chi connectivity index (χ1v) is 14.8. The number of ether oxygens (including phenoxy) is 1. The third kappa shape index (κ3) is 6.47. The second-order valence-corrected chi connectivity index (χ2v) is 12.2. The van der Waals surface area contributed by atoms with Crippen molar-refractivity contribution in [2.45, 2.75) is 32.1 Å². The zero-order valence-corrected chi connectivity index (χ0v) is 24.1. The maximum Gasteiger partial charge on any atom is 0.248 e. The van der Waals surface area contributed by atoms with Crippen molar-refractivity contribution in [2.24, 2.45) is 11.3 Å².